The first-order valence-corrected chi connectivity index (χ1v) is 18.8. The zero-order valence-electron chi connectivity index (χ0n) is 30.5. The number of phenolic OH excluding ortho intramolecular Hbond substituents is 2. The van der Waals surface area contributed by atoms with E-state index in [4.69, 9.17) is 9.73 Å². The molecule has 2 fully saturated rings. The number of piperidine rings is 1. The maximum atomic E-state index is 13.1. The Balaban J connectivity index is 0.788. The van der Waals surface area contributed by atoms with Crippen LogP contribution in [-0.4, -0.2) is 88.8 Å². The van der Waals surface area contributed by atoms with Crippen LogP contribution in [0.1, 0.15) is 65.2 Å². The van der Waals surface area contributed by atoms with Crippen molar-refractivity contribution in [2.24, 2.45) is 4.99 Å². The van der Waals surface area contributed by atoms with Crippen molar-refractivity contribution in [3.8, 4) is 17.2 Å². The maximum absolute atomic E-state index is 13.1. The van der Waals surface area contributed by atoms with Gasteiger partial charge < -0.3 is 24.7 Å². The van der Waals surface area contributed by atoms with E-state index in [1.807, 2.05) is 48.5 Å². The van der Waals surface area contributed by atoms with Crippen molar-refractivity contribution in [3.05, 3.63) is 113 Å². The molecule has 2 atom stereocenters. The van der Waals surface area contributed by atoms with E-state index in [0.717, 1.165) is 90.7 Å². The van der Waals surface area contributed by atoms with Crippen LogP contribution in [0.25, 0.3) is 0 Å². The molecule has 4 aliphatic rings. The van der Waals surface area contributed by atoms with Gasteiger partial charge in [-0.25, -0.2) is 0 Å². The second kappa shape index (κ2) is 14.6. The molecule has 278 valence electrons. The van der Waals surface area contributed by atoms with Crippen LogP contribution >= 0.6 is 0 Å². The van der Waals surface area contributed by atoms with Gasteiger partial charge in [-0.05, 0) is 134 Å². The number of carbonyl (C=O) groups is 3. The Bertz CT molecular complexity index is 2110. The summed E-state index contributed by atoms with van der Waals surface area (Å²) in [4.78, 5) is 48.5. The fourth-order valence-electron chi connectivity index (χ4n) is 8.34. The number of nitrogens with one attached hydrogen (secondary N) is 1. The summed E-state index contributed by atoms with van der Waals surface area (Å²) >= 11 is 0. The molecule has 0 bridgehead atoms. The van der Waals surface area contributed by atoms with Crippen LogP contribution in [0.5, 0.6) is 17.2 Å². The van der Waals surface area contributed by atoms with Crippen molar-refractivity contribution in [1.29, 1.82) is 0 Å². The molecule has 0 radical (unpaired) electrons. The summed E-state index contributed by atoms with van der Waals surface area (Å²) in [5.74, 6) is 0.451. The van der Waals surface area contributed by atoms with E-state index < -0.39 is 11.5 Å². The Hall–Kier alpha value is -5.68. The normalized spacial score (nSPS) is 21.2. The fourth-order valence-corrected chi connectivity index (χ4v) is 8.34. The van der Waals surface area contributed by atoms with Crippen LogP contribution in [0.4, 0.5) is 11.4 Å². The molecule has 4 aliphatic heterocycles. The molecule has 11 heteroatoms. The van der Waals surface area contributed by atoms with Gasteiger partial charge in [-0.15, -0.1) is 0 Å². The SMILES string of the molecule is CC1(Cc2ccc(OCCCCN3CCN(c4ccc5c(c4)CN(C4CCC(=O)NC4=O)C5=O)CC3)cc2)C(c2ccc(O)cc2)=Nc2ccc(O)cc21. The van der Waals surface area contributed by atoms with Crippen molar-refractivity contribution < 1.29 is 29.3 Å². The first-order chi connectivity index (χ1) is 26.1. The third-order valence-corrected chi connectivity index (χ3v) is 11.3. The van der Waals surface area contributed by atoms with E-state index >= 15 is 0 Å². The maximum Gasteiger partial charge on any atom is 0.255 e. The summed E-state index contributed by atoms with van der Waals surface area (Å²) in [7, 11) is 0. The lowest BCUT2D eigenvalue weighted by Gasteiger charge is -2.36. The second-order valence-electron chi connectivity index (χ2n) is 15.0. The lowest BCUT2D eigenvalue weighted by atomic mass is 9.73. The Kier molecular flexibility index (Phi) is 9.58. The van der Waals surface area contributed by atoms with E-state index in [9.17, 15) is 24.6 Å². The quantitative estimate of drug-likeness (QED) is 0.137. The molecule has 8 rings (SSSR count). The Labute approximate surface area is 314 Å². The van der Waals surface area contributed by atoms with Crippen LogP contribution in [0.15, 0.2) is 89.9 Å². The van der Waals surface area contributed by atoms with E-state index in [0.29, 0.717) is 31.6 Å². The summed E-state index contributed by atoms with van der Waals surface area (Å²) in [6.07, 6.45) is 3.30. The van der Waals surface area contributed by atoms with Crippen molar-refractivity contribution in [3.63, 3.8) is 0 Å². The molecule has 0 saturated carbocycles. The van der Waals surface area contributed by atoms with Crippen molar-refractivity contribution >= 4 is 34.8 Å². The molecule has 54 heavy (non-hydrogen) atoms. The third kappa shape index (κ3) is 7.03. The number of amides is 3. The molecule has 4 aromatic carbocycles. The number of rotatable bonds is 11. The van der Waals surface area contributed by atoms with Gasteiger partial charge in [0.2, 0.25) is 11.8 Å². The molecular weight excluding hydrogens is 683 g/mol. The summed E-state index contributed by atoms with van der Waals surface area (Å²) < 4.78 is 6.12. The van der Waals surface area contributed by atoms with Crippen LogP contribution < -0.4 is 15.0 Å². The van der Waals surface area contributed by atoms with Crippen LogP contribution in [-0.2, 0) is 28.0 Å². The summed E-state index contributed by atoms with van der Waals surface area (Å²) in [5, 5.41) is 22.5. The number of carbonyl (C=O) groups excluding carboxylic acids is 3. The van der Waals surface area contributed by atoms with Gasteiger partial charge in [0.05, 0.1) is 18.0 Å². The molecule has 0 aromatic heterocycles. The molecule has 4 aromatic rings. The zero-order valence-corrected chi connectivity index (χ0v) is 30.5. The fraction of sp³-hybridized carbons (Fsp3) is 0.349. The molecular formula is C43H45N5O6. The van der Waals surface area contributed by atoms with Crippen molar-refractivity contribution in [2.45, 2.75) is 57.0 Å². The monoisotopic (exact) mass is 727 g/mol. The third-order valence-electron chi connectivity index (χ3n) is 11.3. The van der Waals surface area contributed by atoms with E-state index in [-0.39, 0.29) is 35.6 Å². The number of benzene rings is 4. The predicted octanol–water partition coefficient (Wildman–Crippen LogP) is 5.47. The minimum Gasteiger partial charge on any atom is -0.508 e. The van der Waals surface area contributed by atoms with Gasteiger partial charge in [0, 0.05) is 55.8 Å². The van der Waals surface area contributed by atoms with Gasteiger partial charge >= 0.3 is 0 Å². The molecule has 0 aliphatic carbocycles. The van der Waals surface area contributed by atoms with Crippen LogP contribution in [0.2, 0.25) is 0 Å². The number of phenols is 2. The molecule has 3 amide bonds. The number of unbranched alkanes of at least 4 members (excludes halogenated alkanes) is 1. The first-order valence-electron chi connectivity index (χ1n) is 18.8. The smallest absolute Gasteiger partial charge is 0.255 e. The zero-order chi connectivity index (χ0) is 37.4. The van der Waals surface area contributed by atoms with Gasteiger partial charge in [0.25, 0.3) is 5.91 Å². The van der Waals surface area contributed by atoms with Gasteiger partial charge in [-0.2, -0.15) is 0 Å². The minimum atomic E-state index is -0.601. The van der Waals surface area contributed by atoms with Gasteiger partial charge in [0.1, 0.15) is 23.3 Å². The van der Waals surface area contributed by atoms with E-state index in [1.165, 1.54) is 0 Å². The standard InChI is InChI=1S/C43H45N5O6/c1-43(36-25-33(50)11-15-37(36)44-40(43)29-6-9-32(49)10-7-29)26-28-4-12-34(13-5-28)54-23-3-2-18-46-19-21-47(22-20-46)31-8-14-35-30(24-31)27-48(42(35)53)38-16-17-39(51)45-41(38)52/h4-15,24-25,38,49-50H,2-3,16-23,26-27H2,1H3,(H,45,51,52). The Morgan fingerprint density at radius 1 is 0.870 bits per heavy atom. The largest absolute Gasteiger partial charge is 0.508 e. The molecule has 11 nitrogen and oxygen atoms in total. The Morgan fingerprint density at radius 2 is 1.63 bits per heavy atom. The van der Waals surface area contributed by atoms with E-state index in [1.54, 1.807) is 23.1 Å². The van der Waals surface area contributed by atoms with E-state index in [2.05, 4.69) is 40.2 Å². The van der Waals surface area contributed by atoms with Gasteiger partial charge in [-0.1, -0.05) is 12.1 Å². The number of hydrogen-bond acceptors (Lipinski definition) is 9. The molecule has 2 unspecified atom stereocenters. The lowest BCUT2D eigenvalue weighted by molar-refractivity contribution is -0.136. The number of ether oxygens (including phenoxy) is 1. The number of hydrogen-bond donors (Lipinski definition) is 3. The number of imide groups is 1. The van der Waals surface area contributed by atoms with Crippen molar-refractivity contribution in [2.75, 3.05) is 44.2 Å². The lowest BCUT2D eigenvalue weighted by Crippen LogP contribution is -2.52. The van der Waals surface area contributed by atoms with Crippen molar-refractivity contribution in [1.82, 2.24) is 15.1 Å². The average Bonchev–Trinajstić information content (AvgIpc) is 3.64. The number of piperazine rings is 1. The average molecular weight is 728 g/mol. The number of aromatic hydroxyl groups is 2. The highest BCUT2D eigenvalue weighted by Crippen LogP contribution is 2.46. The van der Waals surface area contributed by atoms with Gasteiger partial charge in [0.15, 0.2) is 0 Å². The number of fused-ring (bicyclic) bond motifs is 2. The molecule has 4 heterocycles. The number of aliphatic imine (C=N–C) groups is 1. The predicted molar refractivity (Wildman–Crippen MR) is 206 cm³/mol. The molecule has 0 spiro atoms. The molecule has 3 N–H and O–H groups in total. The highest BCUT2D eigenvalue weighted by Gasteiger charge is 2.41. The summed E-state index contributed by atoms with van der Waals surface area (Å²) in [6.45, 7) is 7.93. The number of anilines is 1. The Morgan fingerprint density at radius 3 is 2.39 bits per heavy atom. The topological polar surface area (TPSA) is 135 Å². The second-order valence-corrected chi connectivity index (χ2v) is 15.0. The minimum absolute atomic E-state index is 0.142. The molecule has 2 saturated heterocycles. The van der Waals surface area contributed by atoms with Crippen LogP contribution in [0, 0.1) is 0 Å². The summed E-state index contributed by atoms with van der Waals surface area (Å²) in [6, 6.07) is 26.1. The van der Waals surface area contributed by atoms with Gasteiger partial charge in [-0.3, -0.25) is 29.6 Å². The highest BCUT2D eigenvalue weighted by atomic mass is 16.5. The first kappa shape index (κ1) is 35.4. The highest BCUT2D eigenvalue weighted by molar-refractivity contribution is 6.13. The summed E-state index contributed by atoms with van der Waals surface area (Å²) in [5.41, 5.74) is 7.01. The number of nitrogens with zero attached hydrogens (tertiary/aromatic N) is 4. The van der Waals surface area contributed by atoms with Crippen LogP contribution in [0.3, 0.4) is 0 Å².